The number of nitrogens with one attached hydrogen (secondary N) is 1. The molecule has 0 unspecified atom stereocenters. The minimum Gasteiger partial charge on any atom is -0.467 e. The van der Waals surface area contributed by atoms with E-state index in [9.17, 15) is 0 Å². The first kappa shape index (κ1) is 11.7. The molecule has 0 aliphatic rings. The fourth-order valence-electron chi connectivity index (χ4n) is 1.49. The van der Waals surface area contributed by atoms with Crippen LogP contribution in [0.5, 0.6) is 0 Å². The average molecular weight is 331 g/mol. The molecule has 5 heteroatoms. The van der Waals surface area contributed by atoms with Gasteiger partial charge in [-0.25, -0.2) is 0 Å². The molecule has 0 aromatic carbocycles. The average Bonchev–Trinajstić information content (AvgIpc) is 2.86. The topological polar surface area (TPSA) is 43.0 Å². The van der Waals surface area contributed by atoms with Crippen LogP contribution in [-0.4, -0.2) is 16.3 Å². The van der Waals surface area contributed by atoms with Gasteiger partial charge in [0.15, 0.2) is 0 Å². The molecule has 0 saturated heterocycles. The largest absolute Gasteiger partial charge is 0.467 e. The molecule has 2 heterocycles. The Bertz CT molecular complexity index is 450. The molecule has 0 bridgehead atoms. The Hall–Kier alpha value is -0.820. The minimum atomic E-state index is 0.691. The van der Waals surface area contributed by atoms with Crippen molar-refractivity contribution in [3.05, 3.63) is 39.6 Å². The molecule has 16 heavy (non-hydrogen) atoms. The molecule has 0 saturated carbocycles. The van der Waals surface area contributed by atoms with E-state index in [1.54, 1.807) is 6.26 Å². The van der Waals surface area contributed by atoms with Crippen LogP contribution in [0.15, 0.2) is 29.1 Å². The third kappa shape index (κ3) is 2.85. The third-order valence-electron chi connectivity index (χ3n) is 2.31. The first-order valence-electron chi connectivity index (χ1n) is 5.23. The molecule has 2 aromatic heterocycles. The highest BCUT2D eigenvalue weighted by Gasteiger charge is 2.07. The van der Waals surface area contributed by atoms with Crippen LogP contribution < -0.4 is 5.32 Å². The van der Waals surface area contributed by atoms with Crippen LogP contribution in [0.25, 0.3) is 0 Å². The number of halogens is 1. The summed E-state index contributed by atoms with van der Waals surface area (Å²) in [5.74, 6) is 0.973. The van der Waals surface area contributed by atoms with E-state index in [0.29, 0.717) is 6.54 Å². The summed E-state index contributed by atoms with van der Waals surface area (Å²) in [6.07, 6.45) is 5.57. The van der Waals surface area contributed by atoms with Gasteiger partial charge in [0, 0.05) is 18.3 Å². The highest BCUT2D eigenvalue weighted by atomic mass is 127. The molecule has 1 N–H and O–H groups in total. The summed E-state index contributed by atoms with van der Waals surface area (Å²) >= 11 is 2.25. The number of hydrogen-bond acceptors (Lipinski definition) is 3. The maximum atomic E-state index is 5.47. The van der Waals surface area contributed by atoms with Gasteiger partial charge in [-0.15, -0.1) is 0 Å². The fourth-order valence-corrected chi connectivity index (χ4v) is 1.94. The van der Waals surface area contributed by atoms with Crippen molar-refractivity contribution in [2.45, 2.75) is 20.0 Å². The van der Waals surface area contributed by atoms with Crippen LogP contribution >= 0.6 is 22.6 Å². The van der Waals surface area contributed by atoms with Gasteiger partial charge in [0.1, 0.15) is 5.76 Å². The van der Waals surface area contributed by atoms with E-state index >= 15 is 0 Å². The molecule has 2 rings (SSSR count). The minimum absolute atomic E-state index is 0.691. The lowest BCUT2D eigenvalue weighted by molar-refractivity contribution is 0.473. The third-order valence-corrected chi connectivity index (χ3v) is 2.87. The summed E-state index contributed by atoms with van der Waals surface area (Å²) in [5, 5.41) is 7.53. The first-order chi connectivity index (χ1) is 7.79. The zero-order valence-electron chi connectivity index (χ0n) is 9.11. The lowest BCUT2D eigenvalue weighted by atomic mass is 10.2. The quantitative estimate of drug-likeness (QED) is 0.855. The van der Waals surface area contributed by atoms with Crippen LogP contribution in [0.4, 0.5) is 0 Å². The number of furan rings is 1. The van der Waals surface area contributed by atoms with Crippen LogP contribution in [0.2, 0.25) is 0 Å². The van der Waals surface area contributed by atoms with Crippen molar-refractivity contribution in [2.24, 2.45) is 0 Å². The summed E-state index contributed by atoms with van der Waals surface area (Å²) < 4.78 is 8.49. The standard InChI is InChI=1S/C11H14IN3O/c1-2-13-5-9-3-4-16-11(9)8-15-7-10(12)6-14-15/h3-4,6-7,13H,2,5,8H2,1H3. The monoisotopic (exact) mass is 331 g/mol. The second-order valence-electron chi connectivity index (χ2n) is 3.51. The van der Waals surface area contributed by atoms with Gasteiger partial charge in [-0.3, -0.25) is 4.68 Å². The highest BCUT2D eigenvalue weighted by Crippen LogP contribution is 2.12. The molecular weight excluding hydrogens is 317 g/mol. The summed E-state index contributed by atoms with van der Waals surface area (Å²) in [6, 6.07) is 2.01. The van der Waals surface area contributed by atoms with E-state index in [0.717, 1.165) is 22.4 Å². The van der Waals surface area contributed by atoms with Crippen LogP contribution in [0, 0.1) is 3.57 Å². The molecule has 0 aliphatic heterocycles. The van der Waals surface area contributed by atoms with Crippen LogP contribution in [0.1, 0.15) is 18.2 Å². The SMILES string of the molecule is CCNCc1ccoc1Cn1cc(I)cn1. The Morgan fingerprint density at radius 1 is 1.56 bits per heavy atom. The van der Waals surface area contributed by atoms with Gasteiger partial charge < -0.3 is 9.73 Å². The summed E-state index contributed by atoms with van der Waals surface area (Å²) in [4.78, 5) is 0. The van der Waals surface area contributed by atoms with Crippen molar-refractivity contribution in [3.63, 3.8) is 0 Å². The van der Waals surface area contributed by atoms with Crippen molar-refractivity contribution >= 4 is 22.6 Å². The molecule has 0 atom stereocenters. The Morgan fingerprint density at radius 3 is 3.12 bits per heavy atom. The second-order valence-corrected chi connectivity index (χ2v) is 4.75. The number of hydrogen-bond donors (Lipinski definition) is 1. The Balaban J connectivity index is 2.06. The molecular formula is C11H14IN3O. The summed E-state index contributed by atoms with van der Waals surface area (Å²) in [5.41, 5.74) is 1.20. The van der Waals surface area contributed by atoms with E-state index < -0.39 is 0 Å². The normalized spacial score (nSPS) is 10.9. The molecule has 0 amide bonds. The lowest BCUT2D eigenvalue weighted by Crippen LogP contribution is -2.13. The fraction of sp³-hybridized carbons (Fsp3) is 0.364. The van der Waals surface area contributed by atoms with E-state index in [-0.39, 0.29) is 0 Å². The second kappa shape index (κ2) is 5.49. The molecule has 4 nitrogen and oxygen atoms in total. The van der Waals surface area contributed by atoms with Crippen molar-refractivity contribution in [1.29, 1.82) is 0 Å². The molecule has 2 aromatic rings. The van der Waals surface area contributed by atoms with E-state index in [2.05, 4.69) is 39.9 Å². The summed E-state index contributed by atoms with van der Waals surface area (Å²) in [7, 11) is 0. The molecule has 86 valence electrons. The van der Waals surface area contributed by atoms with Gasteiger partial charge in [0.05, 0.1) is 22.6 Å². The maximum absolute atomic E-state index is 5.47. The predicted octanol–water partition coefficient (Wildman–Crippen LogP) is 2.24. The smallest absolute Gasteiger partial charge is 0.129 e. The van der Waals surface area contributed by atoms with Crippen LogP contribution in [0.3, 0.4) is 0 Å². The number of rotatable bonds is 5. The maximum Gasteiger partial charge on any atom is 0.129 e. The summed E-state index contributed by atoms with van der Waals surface area (Å²) in [6.45, 7) is 4.59. The molecule has 0 aliphatic carbocycles. The van der Waals surface area contributed by atoms with E-state index in [1.165, 1.54) is 5.56 Å². The van der Waals surface area contributed by atoms with Crippen molar-refractivity contribution < 1.29 is 4.42 Å². The van der Waals surface area contributed by atoms with Gasteiger partial charge in [-0.2, -0.15) is 5.10 Å². The first-order valence-corrected chi connectivity index (χ1v) is 6.31. The Kier molecular flexibility index (Phi) is 4.00. The number of nitrogens with zero attached hydrogens (tertiary/aromatic N) is 2. The Labute approximate surface area is 108 Å². The zero-order valence-corrected chi connectivity index (χ0v) is 11.3. The van der Waals surface area contributed by atoms with E-state index in [1.807, 2.05) is 23.1 Å². The van der Waals surface area contributed by atoms with Gasteiger partial charge in [0.2, 0.25) is 0 Å². The van der Waals surface area contributed by atoms with Crippen molar-refractivity contribution in [1.82, 2.24) is 15.1 Å². The predicted molar refractivity (Wildman–Crippen MR) is 70.1 cm³/mol. The van der Waals surface area contributed by atoms with Gasteiger partial charge in [0.25, 0.3) is 0 Å². The van der Waals surface area contributed by atoms with Gasteiger partial charge in [-0.05, 0) is 35.2 Å². The highest BCUT2D eigenvalue weighted by molar-refractivity contribution is 14.1. The molecule has 0 fully saturated rings. The van der Waals surface area contributed by atoms with E-state index in [4.69, 9.17) is 4.42 Å². The number of aromatic nitrogens is 2. The van der Waals surface area contributed by atoms with Crippen LogP contribution in [-0.2, 0) is 13.1 Å². The van der Waals surface area contributed by atoms with Crippen molar-refractivity contribution in [3.8, 4) is 0 Å². The zero-order chi connectivity index (χ0) is 11.4. The molecule has 0 spiro atoms. The lowest BCUT2D eigenvalue weighted by Gasteiger charge is -2.03. The van der Waals surface area contributed by atoms with Gasteiger partial charge in [-0.1, -0.05) is 6.92 Å². The van der Waals surface area contributed by atoms with Gasteiger partial charge >= 0.3 is 0 Å². The van der Waals surface area contributed by atoms with Crippen molar-refractivity contribution in [2.75, 3.05) is 6.54 Å². The Morgan fingerprint density at radius 2 is 2.44 bits per heavy atom. The molecule has 0 radical (unpaired) electrons.